The molecule has 21 heavy (non-hydrogen) atoms. The van der Waals surface area contributed by atoms with Crippen LogP contribution in [0.1, 0.15) is 0 Å². The maximum atomic E-state index is 6.08. The van der Waals surface area contributed by atoms with Gasteiger partial charge in [0, 0.05) is 10.8 Å². The van der Waals surface area contributed by atoms with Crippen molar-refractivity contribution < 1.29 is 4.42 Å². The fraction of sp³-hybridized carbons (Fsp3) is 0. The number of benzene rings is 3. The van der Waals surface area contributed by atoms with E-state index >= 15 is 0 Å². The summed E-state index contributed by atoms with van der Waals surface area (Å²) in [6.45, 7) is 0. The first kappa shape index (κ1) is 12.3. The van der Waals surface area contributed by atoms with Crippen molar-refractivity contribution in [3.8, 4) is 11.1 Å². The molecule has 0 saturated heterocycles. The van der Waals surface area contributed by atoms with Crippen LogP contribution in [0.25, 0.3) is 33.1 Å². The van der Waals surface area contributed by atoms with Crippen LogP contribution in [0.2, 0.25) is 0 Å². The maximum absolute atomic E-state index is 6.08. The van der Waals surface area contributed by atoms with E-state index in [4.69, 9.17) is 20.1 Å². The van der Waals surface area contributed by atoms with Crippen molar-refractivity contribution >= 4 is 48.6 Å². The average Bonchev–Trinajstić information content (AvgIpc) is 2.85. The minimum absolute atomic E-state index is 0.672. The van der Waals surface area contributed by atoms with Gasteiger partial charge in [0.05, 0.1) is 0 Å². The Balaban J connectivity index is 1.99. The minimum atomic E-state index is 0.672. The Morgan fingerprint density at radius 3 is 2.38 bits per heavy atom. The van der Waals surface area contributed by atoms with Crippen LogP contribution in [0, 0.1) is 0 Å². The van der Waals surface area contributed by atoms with Crippen LogP contribution in [-0.2, 0) is 0 Å². The first-order chi connectivity index (χ1) is 10.2. The van der Waals surface area contributed by atoms with E-state index in [0.717, 1.165) is 33.1 Å². The summed E-state index contributed by atoms with van der Waals surface area (Å²) in [4.78, 5) is 0. The van der Waals surface area contributed by atoms with Crippen molar-refractivity contribution in [1.29, 1.82) is 0 Å². The summed E-state index contributed by atoms with van der Waals surface area (Å²) in [5.74, 6) is 0. The lowest BCUT2D eigenvalue weighted by Crippen LogP contribution is -2.15. The molecule has 0 spiro atoms. The van der Waals surface area contributed by atoms with Gasteiger partial charge in [-0.25, -0.2) is 0 Å². The zero-order valence-corrected chi connectivity index (χ0v) is 11.3. The number of hydrogen-bond acceptors (Lipinski definition) is 1. The lowest BCUT2D eigenvalue weighted by atomic mass is 9.82. The average molecular weight is 264 g/mol. The summed E-state index contributed by atoms with van der Waals surface area (Å²) in [6, 6.07) is 19.8. The van der Waals surface area contributed by atoms with Crippen LogP contribution < -0.4 is 10.9 Å². The molecule has 0 N–H and O–H groups in total. The van der Waals surface area contributed by atoms with E-state index in [2.05, 4.69) is 12.1 Å². The van der Waals surface area contributed by atoms with Gasteiger partial charge in [0.1, 0.15) is 26.9 Å². The highest BCUT2D eigenvalue weighted by atomic mass is 16.3. The van der Waals surface area contributed by atoms with E-state index in [9.17, 15) is 0 Å². The number of hydrogen-bond donors (Lipinski definition) is 0. The molecular formula is C18H10B2O. The molecule has 0 bridgehead atoms. The third-order valence-corrected chi connectivity index (χ3v) is 3.76. The van der Waals surface area contributed by atoms with Crippen LogP contribution in [0.15, 0.2) is 65.1 Å². The van der Waals surface area contributed by atoms with Crippen molar-refractivity contribution in [2.75, 3.05) is 0 Å². The van der Waals surface area contributed by atoms with Crippen LogP contribution in [0.3, 0.4) is 0 Å². The number of furan rings is 1. The number of rotatable bonds is 1. The van der Waals surface area contributed by atoms with Gasteiger partial charge >= 0.3 is 0 Å². The fourth-order valence-corrected chi connectivity index (χ4v) is 2.74. The Bertz CT molecular complexity index is 969. The molecule has 4 radical (unpaired) electrons. The van der Waals surface area contributed by atoms with Crippen LogP contribution in [-0.4, -0.2) is 15.7 Å². The van der Waals surface area contributed by atoms with E-state index in [1.165, 1.54) is 0 Å². The van der Waals surface area contributed by atoms with Crippen molar-refractivity contribution in [2.45, 2.75) is 0 Å². The Morgan fingerprint density at radius 1 is 0.714 bits per heavy atom. The van der Waals surface area contributed by atoms with Gasteiger partial charge in [-0.2, -0.15) is 0 Å². The highest BCUT2D eigenvalue weighted by molar-refractivity contribution is 6.40. The summed E-state index contributed by atoms with van der Waals surface area (Å²) >= 11 is 0. The van der Waals surface area contributed by atoms with Gasteiger partial charge in [0.15, 0.2) is 0 Å². The first-order valence-corrected chi connectivity index (χ1v) is 6.79. The van der Waals surface area contributed by atoms with Crippen molar-refractivity contribution in [3.05, 3.63) is 60.7 Å². The summed E-state index contributed by atoms with van der Waals surface area (Å²) in [5.41, 5.74) is 5.18. The third kappa shape index (κ3) is 1.97. The molecule has 0 amide bonds. The molecule has 1 aromatic heterocycles. The van der Waals surface area contributed by atoms with Gasteiger partial charge in [0.25, 0.3) is 0 Å². The van der Waals surface area contributed by atoms with Crippen molar-refractivity contribution in [1.82, 2.24) is 0 Å². The van der Waals surface area contributed by atoms with E-state index in [1.807, 2.05) is 42.5 Å². The van der Waals surface area contributed by atoms with E-state index in [-0.39, 0.29) is 0 Å². The molecule has 0 aliphatic carbocycles. The molecular weight excluding hydrogens is 254 g/mol. The molecule has 1 nitrogen and oxygen atoms in total. The van der Waals surface area contributed by atoms with E-state index in [1.54, 1.807) is 6.07 Å². The number of para-hydroxylation sites is 1. The standard InChI is InChI=1S/C18H10B2O/c19-12-6-7-13(16(20)10-12)11-5-8-18-15(9-11)14-3-1-2-4-17(14)21-18/h1-10H. The third-order valence-electron chi connectivity index (χ3n) is 3.76. The smallest absolute Gasteiger partial charge is 0.135 e. The highest BCUT2D eigenvalue weighted by Crippen LogP contribution is 2.31. The van der Waals surface area contributed by atoms with E-state index < -0.39 is 0 Å². The lowest BCUT2D eigenvalue weighted by Gasteiger charge is -2.08. The highest BCUT2D eigenvalue weighted by Gasteiger charge is 2.08. The van der Waals surface area contributed by atoms with Gasteiger partial charge in [-0.3, -0.25) is 0 Å². The summed E-state index contributed by atoms with van der Waals surface area (Å²) in [6.07, 6.45) is 0. The second-order valence-electron chi connectivity index (χ2n) is 5.16. The topological polar surface area (TPSA) is 13.1 Å². The molecule has 4 rings (SSSR count). The monoisotopic (exact) mass is 264 g/mol. The van der Waals surface area contributed by atoms with Gasteiger partial charge in [-0.1, -0.05) is 53.4 Å². The Hall–Kier alpha value is -2.41. The van der Waals surface area contributed by atoms with Gasteiger partial charge in [-0.05, 0) is 29.3 Å². The molecule has 0 saturated carbocycles. The van der Waals surface area contributed by atoms with Crippen LogP contribution in [0.5, 0.6) is 0 Å². The molecule has 4 aromatic rings. The van der Waals surface area contributed by atoms with Gasteiger partial charge in [0.2, 0.25) is 0 Å². The second-order valence-corrected chi connectivity index (χ2v) is 5.16. The summed E-state index contributed by atoms with van der Waals surface area (Å²) in [7, 11) is 11.8. The molecule has 94 valence electrons. The zero-order valence-electron chi connectivity index (χ0n) is 11.3. The first-order valence-electron chi connectivity index (χ1n) is 6.79. The fourth-order valence-electron chi connectivity index (χ4n) is 2.74. The van der Waals surface area contributed by atoms with Crippen LogP contribution >= 0.6 is 0 Å². The largest absolute Gasteiger partial charge is 0.456 e. The van der Waals surface area contributed by atoms with Crippen LogP contribution in [0.4, 0.5) is 0 Å². The second kappa shape index (κ2) is 4.56. The zero-order chi connectivity index (χ0) is 14.4. The SMILES string of the molecule is [B]c1ccc(-c2ccc3oc4ccccc4c3c2)c([B])c1. The normalized spacial score (nSPS) is 11.2. The Labute approximate surface area is 125 Å². The summed E-state index contributed by atoms with van der Waals surface area (Å²) < 4.78 is 5.84. The Kier molecular flexibility index (Phi) is 2.68. The predicted octanol–water partition coefficient (Wildman–Crippen LogP) is 2.84. The molecule has 1 heterocycles. The molecule has 0 fully saturated rings. The molecule has 0 aliphatic rings. The van der Waals surface area contributed by atoms with Gasteiger partial charge < -0.3 is 4.42 Å². The predicted molar refractivity (Wildman–Crippen MR) is 89.9 cm³/mol. The van der Waals surface area contributed by atoms with Gasteiger partial charge in [-0.15, -0.1) is 0 Å². The number of fused-ring (bicyclic) bond motifs is 3. The molecule has 3 heteroatoms. The Morgan fingerprint density at radius 2 is 1.52 bits per heavy atom. The van der Waals surface area contributed by atoms with E-state index in [0.29, 0.717) is 10.9 Å². The van der Waals surface area contributed by atoms with Crippen molar-refractivity contribution in [3.63, 3.8) is 0 Å². The lowest BCUT2D eigenvalue weighted by molar-refractivity contribution is 0.669. The quantitative estimate of drug-likeness (QED) is 0.482. The molecule has 3 aromatic carbocycles. The summed E-state index contributed by atoms with van der Waals surface area (Å²) in [5, 5.41) is 2.21. The molecule has 0 aliphatic heterocycles. The molecule has 0 unspecified atom stereocenters. The minimum Gasteiger partial charge on any atom is -0.456 e. The molecule has 0 atom stereocenters. The van der Waals surface area contributed by atoms with Crippen molar-refractivity contribution in [2.24, 2.45) is 0 Å². The maximum Gasteiger partial charge on any atom is 0.135 e.